The summed E-state index contributed by atoms with van der Waals surface area (Å²) in [5, 5.41) is 12.3. The topological polar surface area (TPSA) is 41.9 Å². The molecule has 0 fully saturated rings. The molecule has 2 aromatic rings. The summed E-state index contributed by atoms with van der Waals surface area (Å²) in [5.41, 5.74) is 4.33. The van der Waals surface area contributed by atoms with E-state index in [2.05, 4.69) is 36.5 Å². The molecule has 0 amide bonds. The van der Waals surface area contributed by atoms with Crippen molar-refractivity contribution in [3.05, 3.63) is 34.5 Å². The molecule has 5 heteroatoms. The maximum absolute atomic E-state index is 6.03. The van der Waals surface area contributed by atoms with Crippen molar-refractivity contribution < 1.29 is 0 Å². The van der Waals surface area contributed by atoms with Gasteiger partial charge in [0.15, 0.2) is 0 Å². The van der Waals surface area contributed by atoms with E-state index in [0.717, 1.165) is 40.0 Å². The van der Waals surface area contributed by atoms with Crippen LogP contribution in [-0.2, 0) is 7.05 Å². The number of hydrogen-bond donors (Lipinski definition) is 2. The molecule has 0 saturated carbocycles. The van der Waals surface area contributed by atoms with Crippen molar-refractivity contribution in [1.82, 2.24) is 9.78 Å². The van der Waals surface area contributed by atoms with Crippen molar-refractivity contribution in [3.8, 4) is 0 Å². The molecule has 0 aliphatic rings. The lowest BCUT2D eigenvalue weighted by atomic mass is 9.97. The van der Waals surface area contributed by atoms with Crippen molar-refractivity contribution in [2.75, 3.05) is 17.2 Å². The zero-order valence-corrected chi connectivity index (χ0v) is 15.0. The molecule has 0 saturated heterocycles. The third kappa shape index (κ3) is 3.95. The zero-order valence-electron chi connectivity index (χ0n) is 14.2. The molecule has 0 aliphatic heterocycles. The van der Waals surface area contributed by atoms with Crippen molar-refractivity contribution in [3.63, 3.8) is 0 Å². The van der Waals surface area contributed by atoms with Gasteiger partial charge in [-0.25, -0.2) is 0 Å². The lowest BCUT2D eigenvalue weighted by Crippen LogP contribution is -2.20. The third-order valence-corrected chi connectivity index (χ3v) is 3.69. The number of anilines is 3. The Morgan fingerprint density at radius 2 is 1.91 bits per heavy atom. The Morgan fingerprint density at radius 1 is 1.23 bits per heavy atom. The van der Waals surface area contributed by atoms with E-state index in [9.17, 15) is 0 Å². The molecule has 0 bridgehead atoms. The first-order valence-electron chi connectivity index (χ1n) is 7.48. The molecule has 22 heavy (non-hydrogen) atoms. The SMILES string of the molecule is Cc1cc(Cl)ccc1Nc1c(C)nn(C)c1NCC(C)(C)C. The first-order valence-corrected chi connectivity index (χ1v) is 7.86. The molecular formula is C17H25ClN4. The minimum absolute atomic E-state index is 0.200. The number of hydrogen-bond acceptors (Lipinski definition) is 3. The number of nitrogens with one attached hydrogen (secondary N) is 2. The van der Waals surface area contributed by atoms with E-state index >= 15 is 0 Å². The highest BCUT2D eigenvalue weighted by Gasteiger charge is 2.17. The van der Waals surface area contributed by atoms with Crippen LogP contribution in [0.5, 0.6) is 0 Å². The number of rotatable bonds is 4. The van der Waals surface area contributed by atoms with Gasteiger partial charge < -0.3 is 10.6 Å². The second kappa shape index (κ2) is 6.21. The van der Waals surface area contributed by atoms with Crippen LogP contribution in [0.25, 0.3) is 0 Å². The summed E-state index contributed by atoms with van der Waals surface area (Å²) in [6.07, 6.45) is 0. The number of aromatic nitrogens is 2. The highest BCUT2D eigenvalue weighted by atomic mass is 35.5. The Morgan fingerprint density at radius 3 is 2.50 bits per heavy atom. The van der Waals surface area contributed by atoms with E-state index in [1.54, 1.807) is 0 Å². The summed E-state index contributed by atoms with van der Waals surface area (Å²) in [6, 6.07) is 5.85. The standard InChI is InChI=1S/C17H25ClN4/c1-11-9-13(18)7-8-14(11)20-15-12(2)21-22(6)16(15)19-10-17(3,4)5/h7-9,19-20H,10H2,1-6H3. The number of halogens is 1. The molecule has 1 heterocycles. The summed E-state index contributed by atoms with van der Waals surface area (Å²) in [6.45, 7) is 11.6. The number of benzene rings is 1. The molecule has 0 spiro atoms. The normalized spacial score (nSPS) is 11.6. The highest BCUT2D eigenvalue weighted by Crippen LogP contribution is 2.31. The Bertz CT molecular complexity index is 668. The van der Waals surface area contributed by atoms with Gasteiger partial charge in [-0.05, 0) is 43.0 Å². The third-order valence-electron chi connectivity index (χ3n) is 3.46. The van der Waals surface area contributed by atoms with E-state index in [-0.39, 0.29) is 5.41 Å². The molecule has 0 radical (unpaired) electrons. The van der Waals surface area contributed by atoms with Crippen LogP contribution >= 0.6 is 11.6 Å². The van der Waals surface area contributed by atoms with Gasteiger partial charge in [0, 0.05) is 24.3 Å². The van der Waals surface area contributed by atoms with Crippen molar-refractivity contribution in [1.29, 1.82) is 0 Å². The van der Waals surface area contributed by atoms with E-state index < -0.39 is 0 Å². The fourth-order valence-corrected chi connectivity index (χ4v) is 2.49. The van der Waals surface area contributed by atoms with Crippen LogP contribution in [0.15, 0.2) is 18.2 Å². The fraction of sp³-hybridized carbons (Fsp3) is 0.471. The molecular weight excluding hydrogens is 296 g/mol. The van der Waals surface area contributed by atoms with Crippen LogP contribution in [0, 0.1) is 19.3 Å². The second-order valence-corrected chi connectivity index (χ2v) is 7.37. The van der Waals surface area contributed by atoms with Gasteiger partial charge in [0.2, 0.25) is 0 Å². The first-order chi connectivity index (χ1) is 10.2. The molecule has 2 N–H and O–H groups in total. The van der Waals surface area contributed by atoms with Gasteiger partial charge in [-0.1, -0.05) is 32.4 Å². The predicted octanol–water partition coefficient (Wildman–Crippen LogP) is 4.89. The Balaban J connectivity index is 2.30. The van der Waals surface area contributed by atoms with E-state index in [1.165, 1.54) is 0 Å². The van der Waals surface area contributed by atoms with Crippen molar-refractivity contribution in [2.24, 2.45) is 12.5 Å². The van der Waals surface area contributed by atoms with Crippen LogP contribution in [0.4, 0.5) is 17.2 Å². The van der Waals surface area contributed by atoms with Crippen LogP contribution in [0.1, 0.15) is 32.0 Å². The van der Waals surface area contributed by atoms with Gasteiger partial charge in [0.05, 0.1) is 5.69 Å². The number of nitrogens with zero attached hydrogens (tertiary/aromatic N) is 2. The van der Waals surface area contributed by atoms with Crippen molar-refractivity contribution >= 4 is 28.8 Å². The molecule has 1 aromatic carbocycles. The summed E-state index contributed by atoms with van der Waals surface area (Å²) < 4.78 is 1.88. The van der Waals surface area contributed by atoms with Crippen LogP contribution in [0.2, 0.25) is 5.02 Å². The Hall–Kier alpha value is -1.68. The molecule has 1 aromatic heterocycles. The number of aryl methyl sites for hydroxylation is 3. The molecule has 0 atom stereocenters. The summed E-state index contributed by atoms with van der Waals surface area (Å²) in [5.74, 6) is 1.00. The first kappa shape index (κ1) is 16.7. The molecule has 4 nitrogen and oxygen atoms in total. The smallest absolute Gasteiger partial charge is 0.148 e. The quantitative estimate of drug-likeness (QED) is 0.842. The Kier molecular flexibility index (Phi) is 4.71. The van der Waals surface area contributed by atoms with Gasteiger partial charge in [0.1, 0.15) is 11.5 Å². The summed E-state index contributed by atoms with van der Waals surface area (Å²) in [7, 11) is 1.96. The van der Waals surface area contributed by atoms with Gasteiger partial charge >= 0.3 is 0 Å². The molecule has 120 valence electrons. The molecule has 0 unspecified atom stereocenters. The monoisotopic (exact) mass is 320 g/mol. The average Bonchev–Trinajstić information content (AvgIpc) is 2.64. The minimum atomic E-state index is 0.200. The lowest BCUT2D eigenvalue weighted by Gasteiger charge is -2.21. The summed E-state index contributed by atoms with van der Waals surface area (Å²) >= 11 is 6.03. The van der Waals surface area contributed by atoms with E-state index in [0.29, 0.717) is 0 Å². The Labute approximate surface area is 137 Å². The highest BCUT2D eigenvalue weighted by molar-refractivity contribution is 6.30. The molecule has 0 aliphatic carbocycles. The molecule has 2 rings (SSSR count). The zero-order chi connectivity index (χ0) is 16.5. The lowest BCUT2D eigenvalue weighted by molar-refractivity contribution is 0.441. The van der Waals surface area contributed by atoms with Crippen LogP contribution in [0.3, 0.4) is 0 Å². The maximum atomic E-state index is 6.03. The summed E-state index contributed by atoms with van der Waals surface area (Å²) in [4.78, 5) is 0. The largest absolute Gasteiger partial charge is 0.368 e. The van der Waals surface area contributed by atoms with E-state index in [4.69, 9.17) is 11.6 Å². The van der Waals surface area contributed by atoms with Crippen LogP contribution in [-0.4, -0.2) is 16.3 Å². The minimum Gasteiger partial charge on any atom is -0.368 e. The van der Waals surface area contributed by atoms with Gasteiger partial charge in [-0.15, -0.1) is 0 Å². The van der Waals surface area contributed by atoms with Crippen LogP contribution < -0.4 is 10.6 Å². The maximum Gasteiger partial charge on any atom is 0.148 e. The predicted molar refractivity (Wildman–Crippen MR) is 95.4 cm³/mol. The van der Waals surface area contributed by atoms with Crippen molar-refractivity contribution in [2.45, 2.75) is 34.6 Å². The van der Waals surface area contributed by atoms with E-state index in [1.807, 2.05) is 43.8 Å². The second-order valence-electron chi connectivity index (χ2n) is 6.93. The fourth-order valence-electron chi connectivity index (χ4n) is 2.26. The van der Waals surface area contributed by atoms with Gasteiger partial charge in [-0.3, -0.25) is 4.68 Å². The van der Waals surface area contributed by atoms with Gasteiger partial charge in [0.25, 0.3) is 0 Å². The average molecular weight is 321 g/mol. The van der Waals surface area contributed by atoms with Gasteiger partial charge in [-0.2, -0.15) is 5.10 Å².